The number of benzene rings is 1. The minimum absolute atomic E-state index is 0. The second kappa shape index (κ2) is 11.2. The number of guanidine groups is 1. The molecule has 0 radical (unpaired) electrons. The van der Waals surface area contributed by atoms with Gasteiger partial charge in [0.25, 0.3) is 0 Å². The molecule has 0 amide bonds. The van der Waals surface area contributed by atoms with Crippen LogP contribution in [0.5, 0.6) is 0 Å². The lowest BCUT2D eigenvalue weighted by atomic mass is 9.74. The van der Waals surface area contributed by atoms with Crippen LogP contribution in [0.3, 0.4) is 0 Å². The summed E-state index contributed by atoms with van der Waals surface area (Å²) in [6.07, 6.45) is 3.08. The SMILES string of the molecule is CN=C(NCC1(c2ccccc2)CCOCC1)NC(C)Cc1ccc(C)s1.I. The summed E-state index contributed by atoms with van der Waals surface area (Å²) in [7, 11) is 1.84. The fourth-order valence-corrected chi connectivity index (χ4v) is 4.77. The molecule has 2 heterocycles. The monoisotopic (exact) mass is 513 g/mol. The van der Waals surface area contributed by atoms with Gasteiger partial charge in [0.2, 0.25) is 0 Å². The van der Waals surface area contributed by atoms with E-state index in [1.54, 1.807) is 0 Å². The molecule has 4 nitrogen and oxygen atoms in total. The van der Waals surface area contributed by atoms with Gasteiger partial charge >= 0.3 is 0 Å². The third-order valence-electron chi connectivity index (χ3n) is 5.34. The van der Waals surface area contributed by atoms with Gasteiger partial charge in [-0.15, -0.1) is 35.3 Å². The van der Waals surface area contributed by atoms with E-state index in [9.17, 15) is 0 Å². The zero-order chi connectivity index (χ0) is 19.1. The molecular weight excluding hydrogens is 481 g/mol. The van der Waals surface area contributed by atoms with Crippen LogP contribution in [-0.4, -0.2) is 38.8 Å². The van der Waals surface area contributed by atoms with Gasteiger partial charge in [0, 0.05) is 54.4 Å². The van der Waals surface area contributed by atoms with Crippen molar-refractivity contribution in [1.82, 2.24) is 10.6 Å². The van der Waals surface area contributed by atoms with Crippen LogP contribution in [0.15, 0.2) is 47.5 Å². The van der Waals surface area contributed by atoms with E-state index in [0.717, 1.165) is 45.0 Å². The smallest absolute Gasteiger partial charge is 0.191 e. The van der Waals surface area contributed by atoms with Gasteiger partial charge in [0.05, 0.1) is 0 Å². The molecule has 0 aliphatic carbocycles. The molecule has 2 aromatic rings. The van der Waals surface area contributed by atoms with Crippen molar-refractivity contribution in [3.8, 4) is 0 Å². The molecule has 1 saturated heterocycles. The molecule has 1 unspecified atom stereocenters. The van der Waals surface area contributed by atoms with Crippen molar-refractivity contribution in [3.63, 3.8) is 0 Å². The summed E-state index contributed by atoms with van der Waals surface area (Å²) in [6, 6.07) is 15.6. The Bertz CT molecular complexity index is 741. The van der Waals surface area contributed by atoms with Crippen molar-refractivity contribution < 1.29 is 4.74 Å². The number of aliphatic imine (C=N–C) groups is 1. The highest BCUT2D eigenvalue weighted by molar-refractivity contribution is 14.0. The van der Waals surface area contributed by atoms with Crippen LogP contribution in [0.25, 0.3) is 0 Å². The van der Waals surface area contributed by atoms with Crippen molar-refractivity contribution in [1.29, 1.82) is 0 Å². The van der Waals surface area contributed by atoms with Gasteiger partial charge in [0.15, 0.2) is 5.96 Å². The number of rotatable bonds is 6. The second-order valence-electron chi connectivity index (χ2n) is 7.45. The highest BCUT2D eigenvalue weighted by Gasteiger charge is 2.34. The molecule has 1 atom stereocenters. The number of thiophene rings is 1. The minimum atomic E-state index is 0. The summed E-state index contributed by atoms with van der Waals surface area (Å²) in [5.41, 5.74) is 1.49. The van der Waals surface area contributed by atoms with Crippen molar-refractivity contribution in [2.45, 2.75) is 44.6 Å². The van der Waals surface area contributed by atoms with E-state index in [2.05, 4.69) is 71.9 Å². The summed E-state index contributed by atoms with van der Waals surface area (Å²) >= 11 is 1.87. The molecule has 1 fully saturated rings. The number of nitrogens with zero attached hydrogens (tertiary/aromatic N) is 1. The number of aryl methyl sites for hydroxylation is 1. The fraction of sp³-hybridized carbons (Fsp3) is 0.500. The zero-order valence-corrected chi connectivity index (χ0v) is 20.2. The summed E-state index contributed by atoms with van der Waals surface area (Å²) < 4.78 is 5.64. The second-order valence-corrected chi connectivity index (χ2v) is 8.82. The molecular formula is C22H32IN3OS. The topological polar surface area (TPSA) is 45.7 Å². The highest BCUT2D eigenvalue weighted by atomic mass is 127. The Hall–Kier alpha value is -1.12. The van der Waals surface area contributed by atoms with Crippen molar-refractivity contribution in [2.24, 2.45) is 4.99 Å². The Kier molecular flexibility index (Phi) is 9.24. The molecule has 1 aliphatic heterocycles. The van der Waals surface area contributed by atoms with E-state index in [1.807, 2.05) is 18.4 Å². The van der Waals surface area contributed by atoms with Crippen LogP contribution in [0.1, 0.15) is 35.1 Å². The van der Waals surface area contributed by atoms with Crippen molar-refractivity contribution >= 4 is 41.3 Å². The van der Waals surface area contributed by atoms with Gasteiger partial charge < -0.3 is 15.4 Å². The van der Waals surface area contributed by atoms with Gasteiger partial charge in [-0.3, -0.25) is 4.99 Å². The number of hydrogen-bond acceptors (Lipinski definition) is 3. The number of halogens is 1. The van der Waals surface area contributed by atoms with E-state index in [1.165, 1.54) is 15.3 Å². The summed E-state index contributed by atoms with van der Waals surface area (Å²) in [6.45, 7) is 6.87. The van der Waals surface area contributed by atoms with E-state index < -0.39 is 0 Å². The van der Waals surface area contributed by atoms with Crippen LogP contribution < -0.4 is 10.6 Å². The van der Waals surface area contributed by atoms with Gasteiger partial charge in [-0.25, -0.2) is 0 Å². The standard InChI is InChI=1S/C22H31N3OS.HI/c1-17(15-20-10-9-18(2)27-20)25-21(23-3)24-16-22(11-13-26-14-12-22)19-7-5-4-6-8-19;/h4-10,17H,11-16H2,1-3H3,(H2,23,24,25);1H. The number of hydrogen-bond donors (Lipinski definition) is 2. The molecule has 0 bridgehead atoms. The summed E-state index contributed by atoms with van der Waals surface area (Å²) in [4.78, 5) is 7.23. The third kappa shape index (κ3) is 6.19. The first kappa shape index (κ1) is 23.2. The molecule has 0 spiro atoms. The molecule has 6 heteroatoms. The van der Waals surface area contributed by atoms with Crippen LogP contribution in [0.2, 0.25) is 0 Å². The van der Waals surface area contributed by atoms with Gasteiger partial charge in [-0.05, 0) is 44.4 Å². The van der Waals surface area contributed by atoms with E-state index in [0.29, 0.717) is 6.04 Å². The molecule has 154 valence electrons. The van der Waals surface area contributed by atoms with Crippen molar-refractivity contribution in [3.05, 3.63) is 57.8 Å². The lowest BCUT2D eigenvalue weighted by Crippen LogP contribution is -2.50. The average Bonchev–Trinajstić information content (AvgIpc) is 3.11. The predicted octanol–water partition coefficient (Wildman–Crippen LogP) is 4.52. The van der Waals surface area contributed by atoms with Crippen LogP contribution in [0, 0.1) is 6.92 Å². The minimum Gasteiger partial charge on any atom is -0.381 e. The maximum atomic E-state index is 5.64. The van der Waals surface area contributed by atoms with Crippen molar-refractivity contribution in [2.75, 3.05) is 26.8 Å². The fourth-order valence-electron chi connectivity index (χ4n) is 3.75. The van der Waals surface area contributed by atoms with Crippen LogP contribution in [0.4, 0.5) is 0 Å². The average molecular weight is 513 g/mol. The van der Waals surface area contributed by atoms with E-state index >= 15 is 0 Å². The third-order valence-corrected chi connectivity index (χ3v) is 6.36. The molecule has 0 saturated carbocycles. The Morgan fingerprint density at radius 1 is 1.18 bits per heavy atom. The van der Waals surface area contributed by atoms with E-state index in [-0.39, 0.29) is 29.4 Å². The normalized spacial score (nSPS) is 17.5. The lowest BCUT2D eigenvalue weighted by Gasteiger charge is -2.38. The lowest BCUT2D eigenvalue weighted by molar-refractivity contribution is 0.0513. The first-order valence-corrected chi connectivity index (χ1v) is 10.6. The largest absolute Gasteiger partial charge is 0.381 e. The molecule has 1 aromatic carbocycles. The molecule has 2 N–H and O–H groups in total. The Balaban J connectivity index is 0.00000280. The first-order chi connectivity index (χ1) is 13.1. The maximum absolute atomic E-state index is 5.64. The molecule has 1 aromatic heterocycles. The zero-order valence-electron chi connectivity index (χ0n) is 17.0. The predicted molar refractivity (Wildman–Crippen MR) is 130 cm³/mol. The number of ether oxygens (including phenoxy) is 1. The molecule has 3 rings (SSSR count). The maximum Gasteiger partial charge on any atom is 0.191 e. The molecule has 1 aliphatic rings. The first-order valence-electron chi connectivity index (χ1n) is 9.77. The Morgan fingerprint density at radius 3 is 2.50 bits per heavy atom. The molecule has 28 heavy (non-hydrogen) atoms. The Labute approximate surface area is 190 Å². The Morgan fingerprint density at radius 2 is 1.89 bits per heavy atom. The highest BCUT2D eigenvalue weighted by Crippen LogP contribution is 2.34. The summed E-state index contributed by atoms with van der Waals surface area (Å²) in [5, 5.41) is 7.13. The van der Waals surface area contributed by atoms with Crippen LogP contribution >= 0.6 is 35.3 Å². The summed E-state index contributed by atoms with van der Waals surface area (Å²) in [5.74, 6) is 0.873. The van der Waals surface area contributed by atoms with E-state index in [4.69, 9.17) is 4.74 Å². The quantitative estimate of drug-likeness (QED) is 0.339. The van der Waals surface area contributed by atoms with Crippen LogP contribution in [-0.2, 0) is 16.6 Å². The van der Waals surface area contributed by atoms with Gasteiger partial charge in [0.1, 0.15) is 0 Å². The van der Waals surface area contributed by atoms with Gasteiger partial charge in [-0.2, -0.15) is 0 Å². The van der Waals surface area contributed by atoms with Gasteiger partial charge in [-0.1, -0.05) is 30.3 Å². The number of nitrogens with one attached hydrogen (secondary N) is 2.